The first-order valence-electron chi connectivity index (χ1n) is 9.23. The fourth-order valence-corrected chi connectivity index (χ4v) is 3.22. The van der Waals surface area contributed by atoms with Crippen molar-refractivity contribution in [2.75, 3.05) is 26.8 Å². The molecular weight excluding hydrogens is 346 g/mol. The maximum Gasteiger partial charge on any atom is 0.264 e. The highest BCUT2D eigenvalue weighted by Crippen LogP contribution is 2.21. The van der Waals surface area contributed by atoms with Crippen LogP contribution in [0.4, 0.5) is 0 Å². The average Bonchev–Trinajstić information content (AvgIpc) is 2.72. The van der Waals surface area contributed by atoms with Gasteiger partial charge in [-0.1, -0.05) is 0 Å². The molecule has 144 valence electrons. The van der Waals surface area contributed by atoms with Crippen LogP contribution in [0.15, 0.2) is 41.2 Å². The number of aromatic amines is 1. The molecule has 1 aromatic heterocycles. The van der Waals surface area contributed by atoms with Crippen molar-refractivity contribution in [3.05, 3.63) is 52.4 Å². The molecule has 0 saturated carbocycles. The number of nitrogens with one attached hydrogen (secondary N) is 1. The highest BCUT2D eigenvalue weighted by molar-refractivity contribution is 5.76. The van der Waals surface area contributed by atoms with Crippen molar-refractivity contribution in [1.82, 2.24) is 15.1 Å². The van der Waals surface area contributed by atoms with E-state index in [1.165, 1.54) is 6.07 Å². The quantitative estimate of drug-likeness (QED) is 0.805. The first-order chi connectivity index (χ1) is 13.1. The summed E-state index contributed by atoms with van der Waals surface area (Å²) in [5.74, 6) is 2.06. The molecule has 1 aliphatic heterocycles. The normalized spacial score (nSPS) is 16.8. The molecule has 7 heteroatoms. The maximum absolute atomic E-state index is 12.5. The zero-order valence-corrected chi connectivity index (χ0v) is 15.5. The van der Waals surface area contributed by atoms with E-state index in [-0.39, 0.29) is 11.5 Å². The molecule has 1 saturated heterocycles. The molecule has 3 rings (SSSR count). The molecule has 1 N–H and O–H groups in total. The molecule has 1 aliphatic rings. The number of benzene rings is 1. The molecular formula is C20H25N3O4. The number of aryl methyl sites for hydroxylation is 1. The Balaban J connectivity index is 1.45. The number of likely N-dealkylation sites (tertiary alicyclic amines) is 1. The van der Waals surface area contributed by atoms with Crippen LogP contribution < -0.4 is 15.0 Å². The van der Waals surface area contributed by atoms with Gasteiger partial charge in [0, 0.05) is 37.9 Å². The van der Waals surface area contributed by atoms with Gasteiger partial charge in [-0.05, 0) is 43.2 Å². The third-order valence-electron chi connectivity index (χ3n) is 4.75. The third-order valence-corrected chi connectivity index (χ3v) is 4.75. The van der Waals surface area contributed by atoms with Crippen molar-refractivity contribution in [1.29, 1.82) is 0 Å². The van der Waals surface area contributed by atoms with Crippen molar-refractivity contribution in [2.24, 2.45) is 5.92 Å². The molecule has 27 heavy (non-hydrogen) atoms. The van der Waals surface area contributed by atoms with Crippen LogP contribution in [0.1, 0.15) is 25.0 Å². The Kier molecular flexibility index (Phi) is 6.46. The zero-order chi connectivity index (χ0) is 19.1. The van der Waals surface area contributed by atoms with E-state index in [0.29, 0.717) is 31.9 Å². The average molecular weight is 371 g/mol. The van der Waals surface area contributed by atoms with Crippen molar-refractivity contribution < 1.29 is 14.3 Å². The summed E-state index contributed by atoms with van der Waals surface area (Å²) in [6.45, 7) is 2.10. The molecule has 1 atom stereocenters. The second-order valence-corrected chi connectivity index (χ2v) is 6.75. The van der Waals surface area contributed by atoms with Gasteiger partial charge in [-0.15, -0.1) is 0 Å². The highest BCUT2D eigenvalue weighted by atomic mass is 16.5. The fraction of sp³-hybridized carbons (Fsp3) is 0.450. The predicted molar refractivity (Wildman–Crippen MR) is 101 cm³/mol. The molecule has 1 aromatic carbocycles. The van der Waals surface area contributed by atoms with E-state index < -0.39 is 0 Å². The first kappa shape index (κ1) is 18.9. The summed E-state index contributed by atoms with van der Waals surface area (Å²) in [5.41, 5.74) is 0.486. The molecule has 7 nitrogen and oxygen atoms in total. The molecule has 0 aliphatic carbocycles. The molecule has 0 radical (unpaired) electrons. The largest absolute Gasteiger partial charge is 0.497 e. The number of piperidine rings is 1. The number of carbonyl (C=O) groups is 1. The minimum Gasteiger partial charge on any atom is -0.497 e. The maximum atomic E-state index is 12.5. The van der Waals surface area contributed by atoms with Crippen LogP contribution in [0.3, 0.4) is 0 Å². The van der Waals surface area contributed by atoms with Gasteiger partial charge in [0.2, 0.25) is 5.91 Å². The number of aromatic nitrogens is 2. The summed E-state index contributed by atoms with van der Waals surface area (Å²) in [6.07, 6.45) is 2.96. The Morgan fingerprint density at radius 1 is 1.22 bits per heavy atom. The molecule has 0 unspecified atom stereocenters. The number of hydrogen-bond donors (Lipinski definition) is 1. The van der Waals surface area contributed by atoms with Crippen molar-refractivity contribution in [3.63, 3.8) is 0 Å². The van der Waals surface area contributed by atoms with Gasteiger partial charge >= 0.3 is 0 Å². The van der Waals surface area contributed by atoms with Crippen LogP contribution in [-0.4, -0.2) is 47.8 Å². The summed E-state index contributed by atoms with van der Waals surface area (Å²) in [6, 6.07) is 10.6. The van der Waals surface area contributed by atoms with Gasteiger partial charge < -0.3 is 14.4 Å². The summed E-state index contributed by atoms with van der Waals surface area (Å²) in [5, 5.41) is 6.34. The summed E-state index contributed by atoms with van der Waals surface area (Å²) in [4.78, 5) is 25.4. The Morgan fingerprint density at radius 3 is 2.70 bits per heavy atom. The lowest BCUT2D eigenvalue weighted by molar-refractivity contribution is -0.133. The number of rotatable bonds is 7. The monoisotopic (exact) mass is 371 g/mol. The number of amides is 1. The number of nitrogens with zero attached hydrogens (tertiary/aromatic N) is 2. The number of H-pyrrole nitrogens is 1. The van der Waals surface area contributed by atoms with Crippen molar-refractivity contribution in [2.45, 2.75) is 25.7 Å². The second kappa shape index (κ2) is 9.21. The molecule has 2 aromatic rings. The Morgan fingerprint density at radius 2 is 2.00 bits per heavy atom. The lowest BCUT2D eigenvalue weighted by Crippen LogP contribution is -2.41. The number of hydrogen-bond acceptors (Lipinski definition) is 5. The van der Waals surface area contributed by atoms with Gasteiger partial charge in [0.05, 0.1) is 19.4 Å². The van der Waals surface area contributed by atoms with Gasteiger partial charge in [-0.3, -0.25) is 9.59 Å². The lowest BCUT2D eigenvalue weighted by Gasteiger charge is -2.32. The Hall–Kier alpha value is -2.83. The Labute approximate surface area is 158 Å². The van der Waals surface area contributed by atoms with Gasteiger partial charge in [0.25, 0.3) is 5.56 Å². The standard InChI is InChI=1S/C20H25N3O4/c1-26-17-6-8-18(9-7-17)27-14-15-3-2-12-23(13-15)20(25)11-5-16-4-10-19(24)22-21-16/h4,6-10,15H,2-3,5,11-14H2,1H3,(H,22,24)/t15-/m1/s1. The highest BCUT2D eigenvalue weighted by Gasteiger charge is 2.24. The summed E-state index contributed by atoms with van der Waals surface area (Å²) in [7, 11) is 1.64. The van der Waals surface area contributed by atoms with Crippen molar-refractivity contribution in [3.8, 4) is 11.5 Å². The fourth-order valence-electron chi connectivity index (χ4n) is 3.22. The lowest BCUT2D eigenvalue weighted by atomic mass is 9.98. The van der Waals surface area contributed by atoms with E-state index in [1.807, 2.05) is 29.2 Å². The predicted octanol–water partition coefficient (Wildman–Crippen LogP) is 2.03. The van der Waals surface area contributed by atoms with E-state index in [9.17, 15) is 9.59 Å². The van der Waals surface area contributed by atoms with Crippen LogP contribution in [0.5, 0.6) is 11.5 Å². The van der Waals surface area contributed by atoms with Gasteiger partial charge in [0.15, 0.2) is 0 Å². The molecule has 0 bridgehead atoms. The van der Waals surface area contributed by atoms with Crippen LogP contribution in [0.2, 0.25) is 0 Å². The Bertz CT molecular complexity index is 783. The van der Waals surface area contributed by atoms with Gasteiger partial charge in [-0.2, -0.15) is 5.10 Å². The van der Waals surface area contributed by atoms with E-state index in [0.717, 1.165) is 36.6 Å². The van der Waals surface area contributed by atoms with Crippen LogP contribution in [-0.2, 0) is 11.2 Å². The van der Waals surface area contributed by atoms with Gasteiger partial charge in [-0.25, -0.2) is 5.10 Å². The summed E-state index contributed by atoms with van der Waals surface area (Å²) < 4.78 is 11.0. The van der Waals surface area contributed by atoms with Crippen LogP contribution in [0.25, 0.3) is 0 Å². The number of methoxy groups -OCH3 is 1. The zero-order valence-electron chi connectivity index (χ0n) is 15.5. The number of ether oxygens (including phenoxy) is 2. The third kappa shape index (κ3) is 5.57. The molecule has 0 spiro atoms. The van der Waals surface area contributed by atoms with E-state index in [2.05, 4.69) is 10.2 Å². The summed E-state index contributed by atoms with van der Waals surface area (Å²) >= 11 is 0. The van der Waals surface area contributed by atoms with E-state index >= 15 is 0 Å². The van der Waals surface area contributed by atoms with Gasteiger partial charge in [0.1, 0.15) is 11.5 Å². The SMILES string of the molecule is COc1ccc(OC[C@@H]2CCCN(C(=O)CCc3ccc(=O)[nH]n3)C2)cc1. The minimum absolute atomic E-state index is 0.122. The van der Waals surface area contributed by atoms with E-state index in [1.54, 1.807) is 13.2 Å². The number of carbonyl (C=O) groups excluding carboxylic acids is 1. The van der Waals surface area contributed by atoms with Crippen molar-refractivity contribution >= 4 is 5.91 Å². The topological polar surface area (TPSA) is 84.5 Å². The second-order valence-electron chi connectivity index (χ2n) is 6.75. The molecule has 2 heterocycles. The van der Waals surface area contributed by atoms with Crippen LogP contribution >= 0.6 is 0 Å². The smallest absolute Gasteiger partial charge is 0.264 e. The van der Waals surface area contributed by atoms with Crippen LogP contribution in [0, 0.1) is 5.92 Å². The molecule has 1 fully saturated rings. The molecule has 1 amide bonds. The van der Waals surface area contributed by atoms with E-state index in [4.69, 9.17) is 9.47 Å². The minimum atomic E-state index is -0.235. The first-order valence-corrected chi connectivity index (χ1v) is 9.23.